The Morgan fingerprint density at radius 2 is 2.05 bits per heavy atom. The quantitative estimate of drug-likeness (QED) is 0.849. The Bertz CT molecular complexity index is 487. The second-order valence-electron chi connectivity index (χ2n) is 7.62. The van der Waals surface area contributed by atoms with Crippen molar-refractivity contribution in [1.82, 2.24) is 20.4 Å². The van der Waals surface area contributed by atoms with E-state index in [1.807, 2.05) is 0 Å². The van der Waals surface area contributed by atoms with Gasteiger partial charge in [0, 0.05) is 19.0 Å². The molecule has 1 saturated carbocycles. The molecule has 0 aliphatic heterocycles. The molecule has 0 unspecified atom stereocenters. The third-order valence-electron chi connectivity index (χ3n) is 4.40. The summed E-state index contributed by atoms with van der Waals surface area (Å²) in [6.45, 7) is 5.95. The van der Waals surface area contributed by atoms with E-state index in [9.17, 15) is 4.79 Å². The molecule has 0 atom stereocenters. The predicted molar refractivity (Wildman–Crippen MR) is 89.1 cm³/mol. The normalized spacial score (nSPS) is 17.0. The van der Waals surface area contributed by atoms with E-state index in [2.05, 4.69) is 48.4 Å². The van der Waals surface area contributed by atoms with Gasteiger partial charge in [-0.1, -0.05) is 33.1 Å². The Morgan fingerprint density at radius 3 is 2.68 bits per heavy atom. The van der Waals surface area contributed by atoms with Crippen LogP contribution < -0.4 is 5.32 Å². The Kier molecular flexibility index (Phi) is 5.62. The molecule has 2 rings (SSSR count). The fourth-order valence-corrected chi connectivity index (χ4v) is 3.51. The lowest BCUT2D eigenvalue weighted by Gasteiger charge is -2.28. The summed E-state index contributed by atoms with van der Waals surface area (Å²) in [5.74, 6) is 0.466. The maximum Gasteiger partial charge on any atom is 0.254 e. The van der Waals surface area contributed by atoms with Gasteiger partial charge in [-0.3, -0.25) is 9.89 Å². The molecule has 0 spiro atoms. The number of rotatable bonds is 6. The Morgan fingerprint density at radius 1 is 1.36 bits per heavy atom. The van der Waals surface area contributed by atoms with Crippen molar-refractivity contribution in [2.24, 2.45) is 5.41 Å². The third kappa shape index (κ3) is 4.57. The summed E-state index contributed by atoms with van der Waals surface area (Å²) in [5, 5.41) is 10.3. The van der Waals surface area contributed by atoms with E-state index in [0.29, 0.717) is 12.5 Å². The first kappa shape index (κ1) is 17.0. The topological polar surface area (TPSA) is 61.0 Å². The van der Waals surface area contributed by atoms with Crippen LogP contribution in [0.25, 0.3) is 0 Å². The van der Waals surface area contributed by atoms with Gasteiger partial charge in [0.1, 0.15) is 0 Å². The average Bonchev–Trinajstić information content (AvgIpc) is 2.94. The molecule has 0 aromatic carbocycles. The predicted octanol–water partition coefficient (Wildman–Crippen LogP) is 2.78. The summed E-state index contributed by atoms with van der Waals surface area (Å²) >= 11 is 0. The Labute approximate surface area is 133 Å². The summed E-state index contributed by atoms with van der Waals surface area (Å²) < 4.78 is 0. The summed E-state index contributed by atoms with van der Waals surface area (Å²) in [5.41, 5.74) is 1.81. The number of carbonyl (C=O) groups excluding carboxylic acids is 1. The minimum absolute atomic E-state index is 0.00107. The maximum absolute atomic E-state index is 12.5. The van der Waals surface area contributed by atoms with Crippen molar-refractivity contribution < 1.29 is 4.79 Å². The Hall–Kier alpha value is -1.36. The lowest BCUT2D eigenvalue weighted by molar-refractivity contribution is 0.0927. The molecule has 5 heteroatoms. The number of carbonyl (C=O) groups is 1. The molecule has 22 heavy (non-hydrogen) atoms. The second kappa shape index (κ2) is 7.27. The van der Waals surface area contributed by atoms with Crippen molar-refractivity contribution in [3.8, 4) is 0 Å². The SMILES string of the molecule is CN(C)CC(C)(C)CNC(=O)c1cn[nH]c1C1CCCCC1. The standard InChI is InChI=1S/C17H30N4O/c1-17(2,12-21(3)4)11-18-16(22)14-10-19-20-15(14)13-8-6-5-7-9-13/h10,13H,5-9,11-12H2,1-4H3,(H,18,22)(H,19,20). The zero-order valence-electron chi connectivity index (χ0n) is 14.4. The number of aromatic amines is 1. The second-order valence-corrected chi connectivity index (χ2v) is 7.62. The molecule has 1 aromatic heterocycles. The largest absolute Gasteiger partial charge is 0.351 e. The van der Waals surface area contributed by atoms with Crippen LogP contribution in [0.3, 0.4) is 0 Å². The van der Waals surface area contributed by atoms with E-state index >= 15 is 0 Å². The molecule has 124 valence electrons. The van der Waals surface area contributed by atoms with Crippen LogP contribution in [0.4, 0.5) is 0 Å². The lowest BCUT2D eigenvalue weighted by atomic mass is 9.85. The summed E-state index contributed by atoms with van der Waals surface area (Å²) in [6.07, 6.45) is 7.81. The van der Waals surface area contributed by atoms with Crippen molar-refractivity contribution >= 4 is 5.91 Å². The van der Waals surface area contributed by atoms with Gasteiger partial charge in [0.25, 0.3) is 5.91 Å². The van der Waals surface area contributed by atoms with E-state index in [1.165, 1.54) is 19.3 Å². The molecule has 2 N–H and O–H groups in total. The first-order chi connectivity index (χ1) is 10.4. The van der Waals surface area contributed by atoms with Gasteiger partial charge in [-0.05, 0) is 32.4 Å². The smallest absolute Gasteiger partial charge is 0.254 e. The van der Waals surface area contributed by atoms with Crippen molar-refractivity contribution in [2.45, 2.75) is 51.9 Å². The molecule has 1 aliphatic carbocycles. The van der Waals surface area contributed by atoms with Crippen LogP contribution in [0.1, 0.15) is 67.9 Å². The molecule has 1 heterocycles. The fraction of sp³-hybridized carbons (Fsp3) is 0.765. The number of nitrogens with zero attached hydrogens (tertiary/aromatic N) is 2. The summed E-state index contributed by atoms with van der Waals surface area (Å²) in [4.78, 5) is 14.7. The minimum atomic E-state index is 0.00107. The highest BCUT2D eigenvalue weighted by Gasteiger charge is 2.25. The first-order valence-corrected chi connectivity index (χ1v) is 8.35. The van der Waals surface area contributed by atoms with Crippen LogP contribution in [-0.2, 0) is 0 Å². The van der Waals surface area contributed by atoms with E-state index in [0.717, 1.165) is 30.6 Å². The first-order valence-electron chi connectivity index (χ1n) is 8.35. The molecular formula is C17H30N4O. The van der Waals surface area contributed by atoms with Crippen LogP contribution in [0.5, 0.6) is 0 Å². The van der Waals surface area contributed by atoms with Gasteiger partial charge < -0.3 is 10.2 Å². The van der Waals surface area contributed by atoms with Gasteiger partial charge in [0.05, 0.1) is 17.5 Å². The summed E-state index contributed by atoms with van der Waals surface area (Å²) in [6, 6.07) is 0. The number of aromatic nitrogens is 2. The molecular weight excluding hydrogens is 276 g/mol. The van der Waals surface area contributed by atoms with Crippen LogP contribution in [0.2, 0.25) is 0 Å². The highest BCUT2D eigenvalue weighted by Crippen LogP contribution is 2.33. The zero-order chi connectivity index (χ0) is 16.2. The molecule has 0 radical (unpaired) electrons. The van der Waals surface area contributed by atoms with E-state index < -0.39 is 0 Å². The fourth-order valence-electron chi connectivity index (χ4n) is 3.51. The van der Waals surface area contributed by atoms with Crippen molar-refractivity contribution in [2.75, 3.05) is 27.2 Å². The Balaban J connectivity index is 1.97. The minimum Gasteiger partial charge on any atom is -0.351 e. The lowest BCUT2D eigenvalue weighted by Crippen LogP contribution is -2.40. The molecule has 1 aliphatic rings. The molecule has 0 saturated heterocycles. The highest BCUT2D eigenvalue weighted by atomic mass is 16.1. The van der Waals surface area contributed by atoms with Gasteiger partial charge in [-0.25, -0.2) is 0 Å². The zero-order valence-corrected chi connectivity index (χ0v) is 14.4. The number of hydrogen-bond donors (Lipinski definition) is 2. The molecule has 1 fully saturated rings. The van der Waals surface area contributed by atoms with Gasteiger partial charge >= 0.3 is 0 Å². The number of hydrogen-bond acceptors (Lipinski definition) is 3. The van der Waals surface area contributed by atoms with Crippen molar-refractivity contribution in [3.63, 3.8) is 0 Å². The van der Waals surface area contributed by atoms with E-state index in [4.69, 9.17) is 0 Å². The van der Waals surface area contributed by atoms with Crippen LogP contribution in [-0.4, -0.2) is 48.2 Å². The maximum atomic E-state index is 12.5. The van der Waals surface area contributed by atoms with Crippen LogP contribution >= 0.6 is 0 Å². The van der Waals surface area contributed by atoms with Crippen molar-refractivity contribution in [1.29, 1.82) is 0 Å². The van der Waals surface area contributed by atoms with E-state index in [1.54, 1.807) is 6.20 Å². The molecule has 0 bridgehead atoms. The van der Waals surface area contributed by atoms with Gasteiger partial charge in [-0.2, -0.15) is 5.10 Å². The third-order valence-corrected chi connectivity index (χ3v) is 4.40. The number of amides is 1. The summed E-state index contributed by atoms with van der Waals surface area (Å²) in [7, 11) is 4.11. The number of H-pyrrole nitrogens is 1. The van der Waals surface area contributed by atoms with Gasteiger partial charge in [0.2, 0.25) is 0 Å². The highest BCUT2D eigenvalue weighted by molar-refractivity contribution is 5.95. The number of nitrogens with one attached hydrogen (secondary N) is 2. The van der Waals surface area contributed by atoms with Crippen LogP contribution in [0, 0.1) is 5.41 Å². The van der Waals surface area contributed by atoms with Crippen molar-refractivity contribution in [3.05, 3.63) is 17.5 Å². The molecule has 1 aromatic rings. The monoisotopic (exact) mass is 306 g/mol. The molecule has 5 nitrogen and oxygen atoms in total. The van der Waals surface area contributed by atoms with Gasteiger partial charge in [0.15, 0.2) is 0 Å². The van der Waals surface area contributed by atoms with Gasteiger partial charge in [-0.15, -0.1) is 0 Å². The average molecular weight is 306 g/mol. The van der Waals surface area contributed by atoms with E-state index in [-0.39, 0.29) is 11.3 Å². The van der Waals surface area contributed by atoms with Crippen LogP contribution in [0.15, 0.2) is 6.20 Å². The molecule has 1 amide bonds.